The molecule has 2 fully saturated rings. The molecule has 208 valence electrons. The molecule has 2 aromatic rings. The van der Waals surface area contributed by atoms with E-state index in [1.54, 1.807) is 20.0 Å². The Morgan fingerprint density at radius 1 is 1.18 bits per heavy atom. The van der Waals surface area contributed by atoms with Crippen LogP contribution in [0.4, 0.5) is 5.13 Å². The van der Waals surface area contributed by atoms with Gasteiger partial charge in [0.25, 0.3) is 0 Å². The number of carbonyl (C=O) groups excluding carboxylic acids is 1. The van der Waals surface area contributed by atoms with E-state index in [1.165, 1.54) is 48.1 Å². The highest BCUT2D eigenvalue weighted by Gasteiger charge is 2.54. The lowest BCUT2D eigenvalue weighted by molar-refractivity contribution is -0.116. The molecule has 1 aromatic carbocycles. The van der Waals surface area contributed by atoms with Crippen LogP contribution in [0.5, 0.6) is 5.75 Å². The van der Waals surface area contributed by atoms with Crippen molar-refractivity contribution in [3.63, 3.8) is 0 Å². The van der Waals surface area contributed by atoms with Gasteiger partial charge in [0.15, 0.2) is 5.13 Å². The second kappa shape index (κ2) is 11.4. The molecule has 0 bridgehead atoms. The van der Waals surface area contributed by atoms with Gasteiger partial charge in [-0.25, -0.2) is 9.55 Å². The van der Waals surface area contributed by atoms with Crippen molar-refractivity contribution in [3.8, 4) is 5.75 Å². The summed E-state index contributed by atoms with van der Waals surface area (Å²) in [5, 5.41) is 3.69. The zero-order valence-corrected chi connectivity index (χ0v) is 24.7. The number of fused-ring (bicyclic) bond motifs is 5. The number of aryl methyl sites for hydroxylation is 2. The molecule has 1 amide bonds. The van der Waals surface area contributed by atoms with Crippen molar-refractivity contribution in [2.45, 2.75) is 85.0 Å². The van der Waals surface area contributed by atoms with Crippen molar-refractivity contribution in [2.24, 2.45) is 23.2 Å². The molecule has 9 heteroatoms. The normalized spacial score (nSPS) is 28.3. The van der Waals surface area contributed by atoms with E-state index in [1.807, 2.05) is 19.1 Å². The van der Waals surface area contributed by atoms with Crippen LogP contribution in [0.1, 0.15) is 87.6 Å². The van der Waals surface area contributed by atoms with E-state index < -0.39 is 7.82 Å². The highest BCUT2D eigenvalue weighted by Crippen LogP contribution is 2.63. The van der Waals surface area contributed by atoms with E-state index in [9.17, 15) is 9.36 Å². The number of amides is 1. The fraction of sp³-hybridized carbons (Fsp3) is 0.655. The van der Waals surface area contributed by atoms with Crippen molar-refractivity contribution in [3.05, 3.63) is 40.4 Å². The monoisotopic (exact) mass is 560 g/mol. The number of aromatic nitrogens is 1. The van der Waals surface area contributed by atoms with Crippen LogP contribution in [0.25, 0.3) is 0 Å². The molecule has 5 atom stereocenters. The summed E-state index contributed by atoms with van der Waals surface area (Å²) in [7, 11) is -3.61. The van der Waals surface area contributed by atoms with Gasteiger partial charge in [-0.2, -0.15) is 0 Å². The number of hydrogen-bond acceptors (Lipinski definition) is 7. The summed E-state index contributed by atoms with van der Waals surface area (Å²) in [4.78, 5) is 18.1. The maximum Gasteiger partial charge on any atom is 0.530 e. The van der Waals surface area contributed by atoms with E-state index in [4.69, 9.17) is 13.6 Å². The van der Waals surface area contributed by atoms with E-state index in [-0.39, 0.29) is 19.1 Å². The number of anilines is 1. The lowest BCUT2D eigenvalue weighted by Gasteiger charge is -2.51. The van der Waals surface area contributed by atoms with Crippen LogP contribution in [-0.4, -0.2) is 24.1 Å². The topological polar surface area (TPSA) is 86.8 Å². The first kappa shape index (κ1) is 27.8. The Morgan fingerprint density at radius 2 is 1.95 bits per heavy atom. The summed E-state index contributed by atoms with van der Waals surface area (Å²) in [6, 6.07) is 6.15. The van der Waals surface area contributed by atoms with Gasteiger partial charge >= 0.3 is 7.82 Å². The van der Waals surface area contributed by atoms with Gasteiger partial charge in [0.1, 0.15) is 5.75 Å². The highest BCUT2D eigenvalue weighted by molar-refractivity contribution is 7.48. The molecule has 3 aliphatic carbocycles. The Balaban J connectivity index is 1.28. The van der Waals surface area contributed by atoms with Crippen molar-refractivity contribution in [1.82, 2.24) is 4.98 Å². The molecule has 38 heavy (non-hydrogen) atoms. The number of carbonyl (C=O) groups is 1. The lowest BCUT2D eigenvalue weighted by Crippen LogP contribution is -2.42. The standard InChI is InChI=1S/C29H41N2O5PS/c1-5-34-37(33,35-6-2)36-22-9-11-23-21(17-22)7-10-25-24(23)14-16-29(4)15-13-20(27(25)29)8-12-26(32)31-28-30-18-19(3)38-28/h9,11,17-18,20,24-25,27H,5-8,10,12-16H2,1-4H3,(H,30,31,32). The van der Waals surface area contributed by atoms with Crippen LogP contribution < -0.4 is 9.84 Å². The zero-order valence-electron chi connectivity index (χ0n) is 23.0. The number of hydrogen-bond donors (Lipinski definition) is 1. The molecule has 3 aliphatic rings. The second-order valence-electron chi connectivity index (χ2n) is 11.4. The third-order valence-corrected chi connectivity index (χ3v) is 11.5. The maximum atomic E-state index is 12.9. The summed E-state index contributed by atoms with van der Waals surface area (Å²) >= 11 is 1.53. The van der Waals surface area contributed by atoms with Gasteiger partial charge in [-0.1, -0.05) is 13.0 Å². The fourth-order valence-corrected chi connectivity index (χ4v) is 9.48. The van der Waals surface area contributed by atoms with Crippen LogP contribution >= 0.6 is 19.2 Å². The SMILES string of the molecule is CCOP(=O)(OCC)Oc1ccc2c(c1)CCC1C2CCC2(C)CCC(CCC(=O)Nc3ncc(C)s3)C12. The summed E-state index contributed by atoms with van der Waals surface area (Å²) in [6.07, 6.45) is 10.4. The van der Waals surface area contributed by atoms with E-state index in [2.05, 4.69) is 23.3 Å². The minimum atomic E-state index is -3.61. The molecule has 0 radical (unpaired) electrons. The molecule has 0 spiro atoms. The molecule has 5 unspecified atom stereocenters. The van der Waals surface area contributed by atoms with Crippen LogP contribution in [0.2, 0.25) is 0 Å². The summed E-state index contributed by atoms with van der Waals surface area (Å²) < 4.78 is 29.3. The quantitative estimate of drug-likeness (QED) is 0.297. The Kier molecular flexibility index (Phi) is 8.35. The fourth-order valence-electron chi connectivity index (χ4n) is 7.61. The first-order chi connectivity index (χ1) is 18.2. The average Bonchev–Trinajstić information content (AvgIpc) is 3.44. The van der Waals surface area contributed by atoms with Gasteiger partial charge in [0.05, 0.1) is 13.2 Å². The molecule has 0 aliphatic heterocycles. The van der Waals surface area contributed by atoms with Crippen LogP contribution in [0.15, 0.2) is 24.4 Å². The molecule has 0 saturated heterocycles. The van der Waals surface area contributed by atoms with E-state index >= 15 is 0 Å². The van der Waals surface area contributed by atoms with Gasteiger partial charge in [0, 0.05) is 17.5 Å². The summed E-state index contributed by atoms with van der Waals surface area (Å²) in [6.45, 7) is 8.59. The Labute approximate surface area is 230 Å². The summed E-state index contributed by atoms with van der Waals surface area (Å²) in [5.41, 5.74) is 3.08. The van der Waals surface area contributed by atoms with Crippen LogP contribution in [0.3, 0.4) is 0 Å². The minimum Gasteiger partial charge on any atom is -0.404 e. The van der Waals surface area contributed by atoms with Crippen LogP contribution in [-0.2, 0) is 24.8 Å². The number of rotatable bonds is 10. The molecule has 7 nitrogen and oxygen atoms in total. The van der Waals surface area contributed by atoms with E-state index in [0.29, 0.717) is 46.4 Å². The minimum absolute atomic E-state index is 0.0817. The number of nitrogens with zero attached hydrogens (tertiary/aromatic N) is 1. The maximum absolute atomic E-state index is 12.9. The van der Waals surface area contributed by atoms with Gasteiger partial charge in [-0.05, 0) is 118 Å². The number of phosphoric acid groups is 1. The Bertz CT molecular complexity index is 1190. The number of thiazole rings is 1. The van der Waals surface area contributed by atoms with Crippen molar-refractivity contribution < 1.29 is 22.9 Å². The highest BCUT2D eigenvalue weighted by atomic mass is 32.1. The van der Waals surface area contributed by atoms with Gasteiger partial charge in [-0.3, -0.25) is 13.8 Å². The molecule has 5 rings (SSSR count). The van der Waals surface area contributed by atoms with Gasteiger partial charge < -0.3 is 9.84 Å². The second-order valence-corrected chi connectivity index (χ2v) is 14.3. The van der Waals surface area contributed by atoms with Crippen molar-refractivity contribution in [1.29, 1.82) is 0 Å². The average molecular weight is 561 g/mol. The predicted octanol–water partition coefficient (Wildman–Crippen LogP) is 7.90. The number of nitrogens with one attached hydrogen (secondary N) is 1. The van der Waals surface area contributed by atoms with Gasteiger partial charge in [0.2, 0.25) is 5.91 Å². The third kappa shape index (κ3) is 5.74. The molecule has 1 aromatic heterocycles. The Morgan fingerprint density at radius 3 is 2.66 bits per heavy atom. The van der Waals surface area contributed by atoms with Crippen molar-refractivity contribution in [2.75, 3.05) is 18.5 Å². The molecular weight excluding hydrogens is 519 g/mol. The largest absolute Gasteiger partial charge is 0.530 e. The first-order valence-corrected chi connectivity index (χ1v) is 16.4. The lowest BCUT2D eigenvalue weighted by atomic mass is 9.54. The molecule has 1 heterocycles. The van der Waals surface area contributed by atoms with E-state index in [0.717, 1.165) is 24.1 Å². The number of phosphoric ester groups is 1. The van der Waals surface area contributed by atoms with Crippen molar-refractivity contribution >= 4 is 30.2 Å². The molecule has 1 N–H and O–H groups in total. The molecule has 2 saturated carbocycles. The summed E-state index contributed by atoms with van der Waals surface area (Å²) in [5.74, 6) is 3.04. The predicted molar refractivity (Wildman–Crippen MR) is 151 cm³/mol. The van der Waals surface area contributed by atoms with Crippen LogP contribution in [0, 0.1) is 30.1 Å². The third-order valence-electron chi connectivity index (χ3n) is 9.07. The first-order valence-electron chi connectivity index (χ1n) is 14.2. The Hall–Kier alpha value is -1.73. The smallest absolute Gasteiger partial charge is 0.404 e. The number of benzene rings is 1. The van der Waals surface area contributed by atoms with Gasteiger partial charge in [-0.15, -0.1) is 11.3 Å². The molecular formula is C29H41N2O5PS. The zero-order chi connectivity index (χ0) is 26.9.